The van der Waals surface area contributed by atoms with Crippen molar-refractivity contribution in [1.29, 1.82) is 0 Å². The van der Waals surface area contributed by atoms with Crippen LogP contribution in [0.1, 0.15) is 51.2 Å². The SMILES string of the molecule is CC(C)(C)C1CCCN(Cc2ccccc2C(N)=S)CC1. The molecule has 0 aliphatic carbocycles. The van der Waals surface area contributed by atoms with Crippen molar-refractivity contribution in [2.45, 2.75) is 46.6 Å². The number of benzene rings is 1. The third-order valence-corrected chi connectivity index (χ3v) is 4.94. The molecule has 0 radical (unpaired) electrons. The fraction of sp³-hybridized carbons (Fsp3) is 0.611. The minimum absolute atomic E-state index is 0.423. The molecule has 1 aliphatic rings. The molecule has 3 heteroatoms. The fourth-order valence-electron chi connectivity index (χ4n) is 3.32. The Hall–Kier alpha value is -0.930. The topological polar surface area (TPSA) is 29.3 Å². The predicted molar refractivity (Wildman–Crippen MR) is 94.4 cm³/mol. The Morgan fingerprint density at radius 2 is 1.95 bits per heavy atom. The van der Waals surface area contributed by atoms with Crippen molar-refractivity contribution < 1.29 is 0 Å². The van der Waals surface area contributed by atoms with E-state index < -0.39 is 0 Å². The summed E-state index contributed by atoms with van der Waals surface area (Å²) in [5.41, 5.74) is 8.56. The molecule has 1 unspecified atom stereocenters. The summed E-state index contributed by atoms with van der Waals surface area (Å²) in [7, 11) is 0. The molecule has 1 aromatic carbocycles. The van der Waals surface area contributed by atoms with Gasteiger partial charge >= 0.3 is 0 Å². The minimum atomic E-state index is 0.423. The van der Waals surface area contributed by atoms with E-state index in [1.165, 1.54) is 37.9 Å². The average Bonchev–Trinajstić information content (AvgIpc) is 2.64. The monoisotopic (exact) mass is 304 g/mol. The van der Waals surface area contributed by atoms with E-state index in [0.717, 1.165) is 18.0 Å². The molecular weight excluding hydrogens is 276 g/mol. The highest BCUT2D eigenvalue weighted by Gasteiger charge is 2.27. The maximum absolute atomic E-state index is 5.84. The molecule has 1 aliphatic heterocycles. The Morgan fingerprint density at radius 3 is 2.62 bits per heavy atom. The van der Waals surface area contributed by atoms with Crippen LogP contribution in [0.25, 0.3) is 0 Å². The number of rotatable bonds is 3. The molecule has 116 valence electrons. The third-order valence-electron chi connectivity index (χ3n) is 4.72. The standard InChI is InChI=1S/C18H28N2S/c1-18(2,3)15-8-6-11-20(12-10-15)13-14-7-4-5-9-16(14)17(19)21/h4-5,7,9,15H,6,8,10-13H2,1-3H3,(H2,19,21). The molecule has 2 N–H and O–H groups in total. The van der Waals surface area contributed by atoms with Crippen molar-refractivity contribution >= 4 is 17.2 Å². The second kappa shape index (κ2) is 6.89. The zero-order valence-electron chi connectivity index (χ0n) is 13.6. The Labute approximate surface area is 134 Å². The van der Waals surface area contributed by atoms with Crippen molar-refractivity contribution in [2.75, 3.05) is 13.1 Å². The zero-order valence-corrected chi connectivity index (χ0v) is 14.4. The molecule has 1 saturated heterocycles. The smallest absolute Gasteiger partial charge is 0.104 e. The first-order valence-corrected chi connectivity index (χ1v) is 8.39. The predicted octanol–water partition coefficient (Wildman–Crippen LogP) is 3.97. The zero-order chi connectivity index (χ0) is 15.5. The van der Waals surface area contributed by atoms with E-state index in [0.29, 0.717) is 10.4 Å². The molecule has 1 atom stereocenters. The molecule has 0 aromatic heterocycles. The first kappa shape index (κ1) is 16.4. The molecule has 0 amide bonds. The molecule has 0 spiro atoms. The van der Waals surface area contributed by atoms with Gasteiger partial charge in [0.1, 0.15) is 4.99 Å². The van der Waals surface area contributed by atoms with E-state index in [4.69, 9.17) is 18.0 Å². The lowest BCUT2D eigenvalue weighted by molar-refractivity contribution is 0.206. The highest BCUT2D eigenvalue weighted by molar-refractivity contribution is 7.80. The number of thiocarbonyl (C=S) groups is 1. The second-order valence-electron chi connectivity index (χ2n) is 7.29. The van der Waals surface area contributed by atoms with Crippen molar-refractivity contribution in [3.05, 3.63) is 35.4 Å². The largest absolute Gasteiger partial charge is 0.389 e. The molecule has 21 heavy (non-hydrogen) atoms. The highest BCUT2D eigenvalue weighted by atomic mass is 32.1. The van der Waals surface area contributed by atoms with Crippen LogP contribution in [0.2, 0.25) is 0 Å². The lowest BCUT2D eigenvalue weighted by Crippen LogP contribution is -2.27. The van der Waals surface area contributed by atoms with E-state index in [-0.39, 0.29) is 0 Å². The van der Waals surface area contributed by atoms with Crippen molar-refractivity contribution in [3.63, 3.8) is 0 Å². The van der Waals surface area contributed by atoms with Crippen LogP contribution in [0.4, 0.5) is 0 Å². The van der Waals surface area contributed by atoms with E-state index in [1.807, 2.05) is 12.1 Å². The Balaban J connectivity index is 2.03. The average molecular weight is 305 g/mol. The van der Waals surface area contributed by atoms with E-state index in [2.05, 4.69) is 37.8 Å². The molecule has 2 nitrogen and oxygen atoms in total. The Morgan fingerprint density at radius 1 is 1.24 bits per heavy atom. The number of nitrogens with zero attached hydrogens (tertiary/aromatic N) is 1. The van der Waals surface area contributed by atoms with Crippen LogP contribution >= 0.6 is 12.2 Å². The van der Waals surface area contributed by atoms with Gasteiger partial charge in [0.15, 0.2) is 0 Å². The molecular formula is C18H28N2S. The van der Waals surface area contributed by atoms with Gasteiger partial charge in [0.2, 0.25) is 0 Å². The summed E-state index contributed by atoms with van der Waals surface area (Å²) in [4.78, 5) is 3.07. The van der Waals surface area contributed by atoms with Gasteiger partial charge in [-0.1, -0.05) is 57.3 Å². The second-order valence-corrected chi connectivity index (χ2v) is 7.73. The van der Waals surface area contributed by atoms with Crippen molar-refractivity contribution in [2.24, 2.45) is 17.1 Å². The summed E-state index contributed by atoms with van der Waals surface area (Å²) in [6, 6.07) is 8.27. The van der Waals surface area contributed by atoms with E-state index in [1.54, 1.807) is 0 Å². The van der Waals surface area contributed by atoms with Crippen LogP contribution in [0.15, 0.2) is 24.3 Å². The molecule has 1 fully saturated rings. The molecule has 0 saturated carbocycles. The van der Waals surface area contributed by atoms with E-state index in [9.17, 15) is 0 Å². The van der Waals surface area contributed by atoms with Gasteiger partial charge in [-0.25, -0.2) is 0 Å². The van der Waals surface area contributed by atoms with Gasteiger partial charge in [-0.15, -0.1) is 0 Å². The van der Waals surface area contributed by atoms with Gasteiger partial charge < -0.3 is 5.73 Å². The van der Waals surface area contributed by atoms with Crippen LogP contribution in [0.3, 0.4) is 0 Å². The molecule has 1 aromatic rings. The maximum atomic E-state index is 5.84. The fourth-order valence-corrected chi connectivity index (χ4v) is 3.52. The quantitative estimate of drug-likeness (QED) is 0.857. The third kappa shape index (κ3) is 4.52. The van der Waals surface area contributed by atoms with Crippen LogP contribution in [0, 0.1) is 11.3 Å². The summed E-state index contributed by atoms with van der Waals surface area (Å²) in [6.07, 6.45) is 3.92. The molecule has 2 rings (SSSR count). The van der Waals surface area contributed by atoms with Gasteiger partial charge in [-0.3, -0.25) is 4.90 Å². The van der Waals surface area contributed by atoms with Gasteiger partial charge in [-0.05, 0) is 49.2 Å². The molecule has 0 bridgehead atoms. The molecule has 1 heterocycles. The van der Waals surface area contributed by atoms with Crippen LogP contribution < -0.4 is 5.73 Å². The summed E-state index contributed by atoms with van der Waals surface area (Å²) in [5, 5.41) is 0. The van der Waals surface area contributed by atoms with Gasteiger partial charge in [0, 0.05) is 12.1 Å². The van der Waals surface area contributed by atoms with Gasteiger partial charge in [-0.2, -0.15) is 0 Å². The van der Waals surface area contributed by atoms with Crippen LogP contribution in [0.5, 0.6) is 0 Å². The van der Waals surface area contributed by atoms with Gasteiger partial charge in [0.05, 0.1) is 0 Å². The number of hydrogen-bond donors (Lipinski definition) is 1. The summed E-state index contributed by atoms with van der Waals surface area (Å²) in [5.74, 6) is 0.827. The van der Waals surface area contributed by atoms with Gasteiger partial charge in [0.25, 0.3) is 0 Å². The lowest BCUT2D eigenvalue weighted by atomic mass is 9.77. The maximum Gasteiger partial charge on any atom is 0.104 e. The van der Waals surface area contributed by atoms with Crippen LogP contribution in [-0.2, 0) is 6.54 Å². The first-order chi connectivity index (χ1) is 9.88. The number of nitrogens with two attached hydrogens (primary N) is 1. The number of likely N-dealkylation sites (tertiary alicyclic amines) is 1. The lowest BCUT2D eigenvalue weighted by Gasteiger charge is -2.30. The van der Waals surface area contributed by atoms with E-state index >= 15 is 0 Å². The normalized spacial score (nSPS) is 21.0. The Kier molecular flexibility index (Phi) is 5.39. The number of hydrogen-bond acceptors (Lipinski definition) is 2. The first-order valence-electron chi connectivity index (χ1n) is 7.98. The highest BCUT2D eigenvalue weighted by Crippen LogP contribution is 2.34. The summed E-state index contributed by atoms with van der Waals surface area (Å²) in [6.45, 7) is 10.4. The Bertz CT molecular complexity index is 490. The minimum Gasteiger partial charge on any atom is -0.389 e. The van der Waals surface area contributed by atoms with Crippen LogP contribution in [-0.4, -0.2) is 23.0 Å². The summed E-state index contributed by atoms with van der Waals surface area (Å²) >= 11 is 5.17. The summed E-state index contributed by atoms with van der Waals surface area (Å²) < 4.78 is 0. The van der Waals surface area contributed by atoms with Crippen molar-refractivity contribution in [3.8, 4) is 0 Å². The van der Waals surface area contributed by atoms with Crippen molar-refractivity contribution in [1.82, 2.24) is 4.90 Å².